The highest BCUT2D eigenvalue weighted by Gasteiger charge is 2.33. The lowest BCUT2D eigenvalue weighted by Crippen LogP contribution is -2.46. The first-order valence-electron chi connectivity index (χ1n) is 10.6. The number of carbonyl (C=O) groups is 2. The summed E-state index contributed by atoms with van der Waals surface area (Å²) in [6.07, 6.45) is 0.251. The van der Waals surface area contributed by atoms with E-state index in [9.17, 15) is 9.59 Å². The Hall–Kier alpha value is -3.42. The topological polar surface area (TPSA) is 80.3 Å². The molecule has 0 aliphatic carbocycles. The van der Waals surface area contributed by atoms with E-state index in [0.717, 1.165) is 17.1 Å². The molecule has 8 nitrogen and oxygen atoms in total. The predicted octanol–water partition coefficient (Wildman–Crippen LogP) is 3.20. The fraction of sp³-hybridized carbons (Fsp3) is 0.391. The van der Waals surface area contributed by atoms with Gasteiger partial charge in [0.1, 0.15) is 19.0 Å². The second kappa shape index (κ2) is 9.16. The Kier molecular flexibility index (Phi) is 6.16. The van der Waals surface area contributed by atoms with E-state index in [4.69, 9.17) is 14.2 Å². The first-order chi connectivity index (χ1) is 15.1. The van der Waals surface area contributed by atoms with Gasteiger partial charge in [0.25, 0.3) is 0 Å². The molecule has 2 aromatic rings. The molecule has 0 unspecified atom stereocenters. The van der Waals surface area contributed by atoms with E-state index in [1.807, 2.05) is 56.3 Å². The maximum Gasteiger partial charge on any atom is 0.322 e. The number of benzene rings is 2. The lowest BCUT2D eigenvalue weighted by molar-refractivity contribution is -0.117. The molecule has 31 heavy (non-hydrogen) atoms. The van der Waals surface area contributed by atoms with Gasteiger partial charge in [-0.25, -0.2) is 4.79 Å². The molecule has 0 saturated carbocycles. The summed E-state index contributed by atoms with van der Waals surface area (Å²) in [6.45, 7) is 6.35. The van der Waals surface area contributed by atoms with E-state index in [0.29, 0.717) is 44.4 Å². The van der Waals surface area contributed by atoms with Crippen LogP contribution in [0, 0.1) is 0 Å². The van der Waals surface area contributed by atoms with Gasteiger partial charge in [-0.3, -0.25) is 9.69 Å². The molecular formula is C23H27N3O5. The number of anilines is 2. The number of hydrogen-bond donors (Lipinski definition) is 1. The van der Waals surface area contributed by atoms with Crippen LogP contribution >= 0.6 is 0 Å². The minimum absolute atomic E-state index is 0.0360. The number of rotatable bonds is 6. The summed E-state index contributed by atoms with van der Waals surface area (Å²) >= 11 is 0. The highest BCUT2D eigenvalue weighted by molar-refractivity contribution is 5.98. The molecule has 2 heterocycles. The molecule has 4 rings (SSSR count). The average Bonchev–Trinajstić information content (AvgIpc) is 3.15. The molecule has 0 aromatic heterocycles. The van der Waals surface area contributed by atoms with Crippen LogP contribution < -0.4 is 29.3 Å². The highest BCUT2D eigenvalue weighted by Crippen LogP contribution is 2.35. The predicted molar refractivity (Wildman–Crippen MR) is 117 cm³/mol. The quantitative estimate of drug-likeness (QED) is 0.769. The molecule has 164 valence electrons. The first kappa shape index (κ1) is 20.8. The number of nitrogens with zero attached hydrogens (tertiary/aromatic N) is 2. The molecular weight excluding hydrogens is 398 g/mol. The van der Waals surface area contributed by atoms with Gasteiger partial charge >= 0.3 is 6.03 Å². The summed E-state index contributed by atoms with van der Waals surface area (Å²) in [6, 6.07) is 12.4. The standard InChI is InChI=1S/C23H27N3O5/c1-3-25(17-5-8-19(9-6-17)29-4-2)23(28)24-16-13-22(27)26(15-16)18-7-10-20-21(14-18)31-12-11-30-20/h5-10,14,16H,3-4,11-13,15H2,1-2H3,(H,24,28)/t16-/m1/s1. The second-order valence-corrected chi connectivity index (χ2v) is 7.35. The lowest BCUT2D eigenvalue weighted by Gasteiger charge is -2.24. The normalized spacial score (nSPS) is 17.4. The van der Waals surface area contributed by atoms with Crippen molar-refractivity contribution in [1.29, 1.82) is 0 Å². The third-order valence-electron chi connectivity index (χ3n) is 5.31. The number of ether oxygens (including phenoxy) is 3. The molecule has 8 heteroatoms. The third kappa shape index (κ3) is 4.52. The Labute approximate surface area is 181 Å². The van der Waals surface area contributed by atoms with E-state index in [1.165, 1.54) is 0 Å². The average molecular weight is 425 g/mol. The number of nitrogens with one attached hydrogen (secondary N) is 1. The second-order valence-electron chi connectivity index (χ2n) is 7.35. The lowest BCUT2D eigenvalue weighted by atomic mass is 10.2. The van der Waals surface area contributed by atoms with Gasteiger partial charge in [-0.15, -0.1) is 0 Å². The van der Waals surface area contributed by atoms with Gasteiger partial charge in [0.15, 0.2) is 11.5 Å². The highest BCUT2D eigenvalue weighted by atomic mass is 16.6. The van der Waals surface area contributed by atoms with Crippen LogP contribution in [0.5, 0.6) is 17.2 Å². The van der Waals surface area contributed by atoms with Crippen LogP contribution in [0.25, 0.3) is 0 Å². The van der Waals surface area contributed by atoms with E-state index < -0.39 is 0 Å². The van der Waals surface area contributed by atoms with Crippen molar-refractivity contribution >= 4 is 23.3 Å². The number of urea groups is 1. The molecule has 0 spiro atoms. The molecule has 0 radical (unpaired) electrons. The van der Waals surface area contributed by atoms with Crippen LogP contribution in [0.1, 0.15) is 20.3 Å². The smallest absolute Gasteiger partial charge is 0.322 e. The summed E-state index contributed by atoms with van der Waals surface area (Å²) < 4.78 is 16.6. The number of amides is 3. The van der Waals surface area contributed by atoms with Crippen LogP contribution in [0.15, 0.2) is 42.5 Å². The minimum Gasteiger partial charge on any atom is -0.494 e. The largest absolute Gasteiger partial charge is 0.494 e. The Bertz CT molecular complexity index is 947. The van der Waals surface area contributed by atoms with Crippen molar-refractivity contribution in [3.8, 4) is 17.2 Å². The fourth-order valence-corrected chi connectivity index (χ4v) is 3.84. The zero-order chi connectivity index (χ0) is 21.8. The van der Waals surface area contributed by atoms with Crippen LogP contribution in [0.2, 0.25) is 0 Å². The van der Waals surface area contributed by atoms with Crippen molar-refractivity contribution in [2.45, 2.75) is 26.3 Å². The van der Waals surface area contributed by atoms with Crippen molar-refractivity contribution in [2.75, 3.05) is 42.7 Å². The van der Waals surface area contributed by atoms with Gasteiger partial charge in [0.05, 0.1) is 12.6 Å². The first-order valence-corrected chi connectivity index (χ1v) is 10.6. The van der Waals surface area contributed by atoms with E-state index in [-0.39, 0.29) is 24.4 Å². The molecule has 1 N–H and O–H groups in total. The Morgan fingerprint density at radius 1 is 1.13 bits per heavy atom. The molecule has 0 bridgehead atoms. The molecule has 2 aromatic carbocycles. The van der Waals surface area contributed by atoms with Crippen LogP contribution in [-0.4, -0.2) is 50.9 Å². The van der Waals surface area contributed by atoms with Crippen LogP contribution in [0.4, 0.5) is 16.2 Å². The van der Waals surface area contributed by atoms with Gasteiger partial charge in [0.2, 0.25) is 5.91 Å². The van der Waals surface area contributed by atoms with Gasteiger partial charge in [0, 0.05) is 37.0 Å². The monoisotopic (exact) mass is 425 g/mol. The maximum atomic E-state index is 12.9. The Morgan fingerprint density at radius 3 is 2.58 bits per heavy atom. The van der Waals surface area contributed by atoms with Crippen LogP contribution in [-0.2, 0) is 4.79 Å². The van der Waals surface area contributed by atoms with Gasteiger partial charge in [-0.2, -0.15) is 0 Å². The zero-order valence-corrected chi connectivity index (χ0v) is 17.8. The van der Waals surface area contributed by atoms with Gasteiger partial charge in [-0.05, 0) is 50.2 Å². The van der Waals surface area contributed by atoms with Crippen molar-refractivity contribution in [2.24, 2.45) is 0 Å². The van der Waals surface area contributed by atoms with Gasteiger partial charge in [-0.1, -0.05) is 0 Å². The number of carbonyl (C=O) groups excluding carboxylic acids is 2. The Morgan fingerprint density at radius 2 is 1.87 bits per heavy atom. The Balaban J connectivity index is 1.41. The van der Waals surface area contributed by atoms with Crippen molar-refractivity contribution in [3.63, 3.8) is 0 Å². The van der Waals surface area contributed by atoms with E-state index in [2.05, 4.69) is 5.32 Å². The fourth-order valence-electron chi connectivity index (χ4n) is 3.84. The SMILES string of the molecule is CCOc1ccc(N(CC)C(=O)N[C@@H]2CC(=O)N(c3ccc4c(c3)OCCO4)C2)cc1. The van der Waals surface area contributed by atoms with Crippen molar-refractivity contribution < 1.29 is 23.8 Å². The van der Waals surface area contributed by atoms with Crippen molar-refractivity contribution in [1.82, 2.24) is 5.32 Å². The van der Waals surface area contributed by atoms with Crippen molar-refractivity contribution in [3.05, 3.63) is 42.5 Å². The van der Waals surface area contributed by atoms with E-state index >= 15 is 0 Å². The zero-order valence-electron chi connectivity index (χ0n) is 17.8. The minimum atomic E-state index is -0.273. The number of hydrogen-bond acceptors (Lipinski definition) is 5. The summed E-state index contributed by atoms with van der Waals surface area (Å²) in [4.78, 5) is 28.8. The number of fused-ring (bicyclic) bond motifs is 1. The van der Waals surface area contributed by atoms with Gasteiger partial charge < -0.3 is 24.4 Å². The molecule has 2 aliphatic rings. The van der Waals surface area contributed by atoms with Crippen LogP contribution in [0.3, 0.4) is 0 Å². The third-order valence-corrected chi connectivity index (χ3v) is 5.31. The molecule has 1 atom stereocenters. The maximum absolute atomic E-state index is 12.9. The van der Waals surface area contributed by atoms with E-state index in [1.54, 1.807) is 9.80 Å². The molecule has 3 amide bonds. The summed E-state index contributed by atoms with van der Waals surface area (Å²) in [5, 5.41) is 3.00. The molecule has 2 aliphatic heterocycles. The summed E-state index contributed by atoms with van der Waals surface area (Å²) in [7, 11) is 0. The molecule has 1 saturated heterocycles. The molecule has 1 fully saturated rings. The summed E-state index contributed by atoms with van der Waals surface area (Å²) in [5.74, 6) is 2.04. The summed E-state index contributed by atoms with van der Waals surface area (Å²) in [5.41, 5.74) is 1.52.